The highest BCUT2D eigenvalue weighted by Crippen LogP contribution is 2.70. The Labute approximate surface area is 92.4 Å². The number of carbonyl (C=O) groups is 1. The minimum absolute atomic E-state index is 0.140. The number of ether oxygens (including phenoxy) is 1. The van der Waals surface area contributed by atoms with E-state index >= 15 is 0 Å². The number of rotatable bonds is 4. The summed E-state index contributed by atoms with van der Waals surface area (Å²) >= 11 is 0. The van der Waals surface area contributed by atoms with Gasteiger partial charge in [-0.15, -0.1) is 0 Å². The number of esters is 1. The van der Waals surface area contributed by atoms with Crippen LogP contribution in [0.1, 0.15) is 46.5 Å². The molecule has 2 rings (SSSR count). The van der Waals surface area contributed by atoms with Crippen molar-refractivity contribution in [2.75, 3.05) is 6.61 Å². The first-order chi connectivity index (χ1) is 7.06. The van der Waals surface area contributed by atoms with Crippen LogP contribution in [-0.2, 0) is 9.53 Å². The molecule has 2 fully saturated rings. The molecule has 0 aliphatic heterocycles. The summed E-state index contributed by atoms with van der Waals surface area (Å²) in [4.78, 5) is 10.7. The fraction of sp³-hybridized carbons (Fsp3) is 0.923. The summed E-state index contributed by atoms with van der Waals surface area (Å²) in [6.45, 7) is 6.83. The summed E-state index contributed by atoms with van der Waals surface area (Å²) in [6, 6.07) is 0. The van der Waals surface area contributed by atoms with Gasteiger partial charge in [0.1, 0.15) is 0 Å². The van der Waals surface area contributed by atoms with Gasteiger partial charge in [-0.05, 0) is 48.9 Å². The van der Waals surface area contributed by atoms with Gasteiger partial charge in [-0.3, -0.25) is 4.79 Å². The molecule has 2 aliphatic carbocycles. The Morgan fingerprint density at radius 1 is 1.53 bits per heavy atom. The highest BCUT2D eigenvalue weighted by atomic mass is 16.5. The zero-order chi connectivity index (χ0) is 11.1. The standard InChI is InChI=1S/C13H22O2/c1-9(2)13-6-4-11(12(13)8-13)5-7-15-10(3)14/h9,11-12H,4-8H2,1-3H3. The normalized spacial score (nSPS) is 37.9. The smallest absolute Gasteiger partial charge is 0.302 e. The molecule has 86 valence electrons. The predicted molar refractivity (Wildman–Crippen MR) is 59.4 cm³/mol. The molecule has 2 heteroatoms. The van der Waals surface area contributed by atoms with Gasteiger partial charge >= 0.3 is 5.97 Å². The van der Waals surface area contributed by atoms with Crippen molar-refractivity contribution in [3.8, 4) is 0 Å². The van der Waals surface area contributed by atoms with Crippen molar-refractivity contribution < 1.29 is 9.53 Å². The molecular formula is C13H22O2. The first kappa shape index (κ1) is 11.0. The lowest BCUT2D eigenvalue weighted by molar-refractivity contribution is -0.141. The Morgan fingerprint density at radius 3 is 2.73 bits per heavy atom. The highest BCUT2D eigenvalue weighted by Gasteiger charge is 2.62. The van der Waals surface area contributed by atoms with Crippen molar-refractivity contribution in [1.29, 1.82) is 0 Å². The lowest BCUT2D eigenvalue weighted by atomic mass is 9.90. The second-order valence-corrected chi connectivity index (χ2v) is 5.63. The van der Waals surface area contributed by atoms with Crippen LogP contribution in [0.3, 0.4) is 0 Å². The molecule has 0 aromatic heterocycles. The summed E-state index contributed by atoms with van der Waals surface area (Å²) in [5.41, 5.74) is 0.681. The zero-order valence-electron chi connectivity index (χ0n) is 10.1. The molecule has 2 nitrogen and oxygen atoms in total. The molecule has 15 heavy (non-hydrogen) atoms. The van der Waals surface area contributed by atoms with Gasteiger partial charge in [0.05, 0.1) is 6.61 Å². The van der Waals surface area contributed by atoms with Crippen LogP contribution in [-0.4, -0.2) is 12.6 Å². The second-order valence-electron chi connectivity index (χ2n) is 5.63. The third-order valence-electron chi connectivity index (χ3n) is 4.67. The second kappa shape index (κ2) is 3.80. The average Bonchev–Trinajstić information content (AvgIpc) is 2.79. The van der Waals surface area contributed by atoms with Crippen LogP contribution in [0.25, 0.3) is 0 Å². The van der Waals surface area contributed by atoms with Gasteiger partial charge in [0, 0.05) is 6.92 Å². The van der Waals surface area contributed by atoms with Crippen molar-refractivity contribution >= 4 is 5.97 Å². The maximum absolute atomic E-state index is 10.7. The Morgan fingerprint density at radius 2 is 2.27 bits per heavy atom. The quantitative estimate of drug-likeness (QED) is 0.667. The Hall–Kier alpha value is -0.530. The van der Waals surface area contributed by atoms with Gasteiger partial charge in [-0.2, -0.15) is 0 Å². The van der Waals surface area contributed by atoms with Gasteiger partial charge in [0.25, 0.3) is 0 Å². The largest absolute Gasteiger partial charge is 0.466 e. The van der Waals surface area contributed by atoms with Crippen LogP contribution in [0.2, 0.25) is 0 Å². The first-order valence-corrected chi connectivity index (χ1v) is 6.19. The molecule has 2 aliphatic rings. The molecule has 0 radical (unpaired) electrons. The number of fused-ring (bicyclic) bond motifs is 1. The summed E-state index contributed by atoms with van der Waals surface area (Å²) in [5, 5.41) is 0. The molecule has 0 aromatic carbocycles. The third kappa shape index (κ3) is 1.91. The van der Waals surface area contributed by atoms with E-state index in [1.807, 2.05) is 0 Å². The SMILES string of the molecule is CC(=O)OCCC1CCC2(C(C)C)CC12. The Kier molecular flexibility index (Phi) is 2.78. The molecule has 0 saturated heterocycles. The number of carbonyl (C=O) groups excluding carboxylic acids is 1. The van der Waals surface area contributed by atoms with Crippen molar-refractivity contribution in [3.63, 3.8) is 0 Å². The van der Waals surface area contributed by atoms with Gasteiger partial charge in [0.15, 0.2) is 0 Å². The summed E-state index contributed by atoms with van der Waals surface area (Å²) in [7, 11) is 0. The topological polar surface area (TPSA) is 26.3 Å². The molecule has 0 bridgehead atoms. The Balaban J connectivity index is 1.76. The van der Waals surface area contributed by atoms with Gasteiger partial charge in [-0.1, -0.05) is 13.8 Å². The minimum Gasteiger partial charge on any atom is -0.466 e. The lowest BCUT2D eigenvalue weighted by Gasteiger charge is -2.15. The summed E-state index contributed by atoms with van der Waals surface area (Å²) in [6.07, 6.45) is 5.26. The average molecular weight is 210 g/mol. The van der Waals surface area contributed by atoms with Crippen LogP contribution >= 0.6 is 0 Å². The highest BCUT2D eigenvalue weighted by molar-refractivity contribution is 5.65. The number of hydrogen-bond donors (Lipinski definition) is 0. The molecule has 0 heterocycles. The van der Waals surface area contributed by atoms with E-state index in [1.54, 1.807) is 0 Å². The lowest BCUT2D eigenvalue weighted by Crippen LogP contribution is -2.09. The van der Waals surface area contributed by atoms with E-state index in [0.717, 1.165) is 24.2 Å². The van der Waals surface area contributed by atoms with Crippen LogP contribution in [0.15, 0.2) is 0 Å². The zero-order valence-corrected chi connectivity index (χ0v) is 10.1. The molecule has 0 aromatic rings. The van der Waals surface area contributed by atoms with Gasteiger partial charge < -0.3 is 4.74 Å². The molecule has 2 saturated carbocycles. The van der Waals surface area contributed by atoms with E-state index in [2.05, 4.69) is 13.8 Å². The van der Waals surface area contributed by atoms with Crippen LogP contribution in [0.5, 0.6) is 0 Å². The van der Waals surface area contributed by atoms with Crippen LogP contribution in [0.4, 0.5) is 0 Å². The number of hydrogen-bond acceptors (Lipinski definition) is 2. The maximum Gasteiger partial charge on any atom is 0.302 e. The fourth-order valence-corrected chi connectivity index (χ4v) is 3.58. The van der Waals surface area contributed by atoms with E-state index in [1.165, 1.54) is 26.2 Å². The van der Waals surface area contributed by atoms with Crippen LogP contribution < -0.4 is 0 Å². The van der Waals surface area contributed by atoms with E-state index in [-0.39, 0.29) is 5.97 Å². The van der Waals surface area contributed by atoms with E-state index in [0.29, 0.717) is 12.0 Å². The van der Waals surface area contributed by atoms with Crippen molar-refractivity contribution in [1.82, 2.24) is 0 Å². The maximum atomic E-state index is 10.7. The molecule has 0 amide bonds. The third-order valence-corrected chi connectivity index (χ3v) is 4.67. The predicted octanol–water partition coefficient (Wildman–Crippen LogP) is 3.01. The summed E-state index contributed by atoms with van der Waals surface area (Å²) in [5.74, 6) is 2.46. The first-order valence-electron chi connectivity index (χ1n) is 6.19. The minimum atomic E-state index is -0.140. The Bertz CT molecular complexity index is 259. The van der Waals surface area contributed by atoms with Crippen LogP contribution in [0, 0.1) is 23.2 Å². The van der Waals surface area contributed by atoms with Gasteiger partial charge in [-0.25, -0.2) is 0 Å². The van der Waals surface area contributed by atoms with Crippen molar-refractivity contribution in [3.05, 3.63) is 0 Å². The summed E-state index contributed by atoms with van der Waals surface area (Å²) < 4.78 is 5.03. The molecule has 0 spiro atoms. The molecule has 3 atom stereocenters. The van der Waals surface area contributed by atoms with Gasteiger partial charge in [0.2, 0.25) is 0 Å². The fourth-order valence-electron chi connectivity index (χ4n) is 3.58. The van der Waals surface area contributed by atoms with E-state index < -0.39 is 0 Å². The molecule has 0 N–H and O–H groups in total. The van der Waals surface area contributed by atoms with Crippen molar-refractivity contribution in [2.45, 2.75) is 46.5 Å². The van der Waals surface area contributed by atoms with Crippen molar-refractivity contribution in [2.24, 2.45) is 23.2 Å². The monoisotopic (exact) mass is 210 g/mol. The van der Waals surface area contributed by atoms with E-state index in [9.17, 15) is 4.79 Å². The van der Waals surface area contributed by atoms with E-state index in [4.69, 9.17) is 4.74 Å². The molecular weight excluding hydrogens is 188 g/mol. The molecule has 3 unspecified atom stereocenters.